The Morgan fingerprint density at radius 3 is 2.38 bits per heavy atom. The maximum Gasteiger partial charge on any atom is 0.335 e. The first kappa shape index (κ1) is 15.0. The second kappa shape index (κ2) is 6.39. The van der Waals surface area contributed by atoms with E-state index in [2.05, 4.69) is 0 Å². The van der Waals surface area contributed by atoms with Crippen LogP contribution in [-0.2, 0) is 11.2 Å². The summed E-state index contributed by atoms with van der Waals surface area (Å²) < 4.78 is 0. The Hall–Kier alpha value is -2.36. The van der Waals surface area contributed by atoms with Gasteiger partial charge < -0.3 is 10.2 Å². The highest BCUT2D eigenvalue weighted by molar-refractivity contribution is 5.94. The molecule has 0 aliphatic rings. The summed E-state index contributed by atoms with van der Waals surface area (Å²) in [7, 11) is 0. The molecule has 21 heavy (non-hydrogen) atoms. The SMILES string of the molecule is CC(CCCc1ccc2cc(C(=O)O)ccc2c1)C(=O)O. The van der Waals surface area contributed by atoms with Crippen molar-refractivity contribution in [3.05, 3.63) is 47.5 Å². The standard InChI is InChI=1S/C17H18O4/c1-11(16(18)19)3-2-4-12-5-6-14-10-15(17(20)21)8-7-13(14)9-12/h5-11H,2-4H2,1H3,(H,18,19)(H,20,21). The molecular weight excluding hydrogens is 268 g/mol. The molecule has 0 saturated heterocycles. The van der Waals surface area contributed by atoms with E-state index in [9.17, 15) is 9.59 Å². The van der Waals surface area contributed by atoms with Gasteiger partial charge in [-0.25, -0.2) is 4.79 Å². The van der Waals surface area contributed by atoms with Gasteiger partial charge in [0.15, 0.2) is 0 Å². The van der Waals surface area contributed by atoms with Gasteiger partial charge >= 0.3 is 11.9 Å². The van der Waals surface area contributed by atoms with Crippen LogP contribution in [0.1, 0.15) is 35.7 Å². The van der Waals surface area contributed by atoms with E-state index >= 15 is 0 Å². The molecule has 0 heterocycles. The third kappa shape index (κ3) is 3.81. The van der Waals surface area contributed by atoms with Gasteiger partial charge in [0.05, 0.1) is 11.5 Å². The molecule has 0 bridgehead atoms. The fourth-order valence-electron chi connectivity index (χ4n) is 2.32. The third-order valence-corrected chi connectivity index (χ3v) is 3.68. The number of rotatable bonds is 6. The molecule has 0 radical (unpaired) electrons. The van der Waals surface area contributed by atoms with Crippen LogP contribution in [-0.4, -0.2) is 22.2 Å². The van der Waals surface area contributed by atoms with Crippen molar-refractivity contribution in [3.63, 3.8) is 0 Å². The quantitative estimate of drug-likeness (QED) is 0.851. The van der Waals surface area contributed by atoms with Crippen LogP contribution in [0.5, 0.6) is 0 Å². The molecule has 4 heteroatoms. The first-order valence-electron chi connectivity index (χ1n) is 6.96. The molecule has 4 nitrogen and oxygen atoms in total. The zero-order valence-electron chi connectivity index (χ0n) is 11.9. The molecule has 2 aromatic rings. The van der Waals surface area contributed by atoms with Crippen LogP contribution in [0, 0.1) is 5.92 Å². The van der Waals surface area contributed by atoms with Gasteiger partial charge in [-0.1, -0.05) is 31.2 Å². The maximum absolute atomic E-state index is 10.9. The van der Waals surface area contributed by atoms with E-state index in [0.29, 0.717) is 6.42 Å². The largest absolute Gasteiger partial charge is 0.481 e. The molecule has 2 N–H and O–H groups in total. The molecule has 2 rings (SSSR count). The Bertz CT molecular complexity index is 676. The molecular formula is C17H18O4. The molecule has 2 aromatic carbocycles. The predicted octanol–water partition coefficient (Wildman–Crippen LogP) is 3.58. The average Bonchev–Trinajstić information content (AvgIpc) is 2.46. The minimum Gasteiger partial charge on any atom is -0.481 e. The Labute approximate surface area is 123 Å². The second-order valence-electron chi connectivity index (χ2n) is 5.33. The second-order valence-corrected chi connectivity index (χ2v) is 5.33. The lowest BCUT2D eigenvalue weighted by Crippen LogP contribution is -2.09. The molecule has 1 unspecified atom stereocenters. The van der Waals surface area contributed by atoms with Crippen LogP contribution in [0.2, 0.25) is 0 Å². The van der Waals surface area contributed by atoms with Crippen molar-refractivity contribution in [2.24, 2.45) is 5.92 Å². The van der Waals surface area contributed by atoms with Gasteiger partial charge in [-0.3, -0.25) is 4.79 Å². The number of fused-ring (bicyclic) bond motifs is 1. The molecule has 110 valence electrons. The van der Waals surface area contributed by atoms with Crippen molar-refractivity contribution < 1.29 is 19.8 Å². The van der Waals surface area contributed by atoms with E-state index in [1.807, 2.05) is 24.3 Å². The van der Waals surface area contributed by atoms with Crippen LogP contribution in [0.4, 0.5) is 0 Å². The lowest BCUT2D eigenvalue weighted by Gasteiger charge is -2.07. The monoisotopic (exact) mass is 286 g/mol. The number of aryl methyl sites for hydroxylation is 1. The molecule has 0 amide bonds. The smallest absolute Gasteiger partial charge is 0.335 e. The van der Waals surface area contributed by atoms with E-state index in [-0.39, 0.29) is 11.5 Å². The lowest BCUT2D eigenvalue weighted by atomic mass is 9.98. The summed E-state index contributed by atoms with van der Waals surface area (Å²) in [5, 5.41) is 19.7. The Kier molecular flexibility index (Phi) is 4.58. The number of carboxylic acid groups (broad SMARTS) is 2. The number of aliphatic carboxylic acids is 1. The van der Waals surface area contributed by atoms with Crippen molar-refractivity contribution in [1.29, 1.82) is 0 Å². The van der Waals surface area contributed by atoms with Crippen LogP contribution >= 0.6 is 0 Å². The highest BCUT2D eigenvalue weighted by Gasteiger charge is 2.10. The Balaban J connectivity index is 2.07. The normalized spacial score (nSPS) is 12.2. The number of benzene rings is 2. The summed E-state index contributed by atoms with van der Waals surface area (Å²) >= 11 is 0. The minimum atomic E-state index is -0.927. The van der Waals surface area contributed by atoms with E-state index in [1.165, 1.54) is 0 Å². The molecule has 0 aromatic heterocycles. The zero-order chi connectivity index (χ0) is 15.4. The van der Waals surface area contributed by atoms with Crippen molar-refractivity contribution in [2.75, 3.05) is 0 Å². The van der Waals surface area contributed by atoms with Gasteiger partial charge in [0.1, 0.15) is 0 Å². The van der Waals surface area contributed by atoms with Crippen molar-refractivity contribution in [1.82, 2.24) is 0 Å². The number of carbonyl (C=O) groups is 2. The maximum atomic E-state index is 10.9. The molecule has 0 aliphatic heterocycles. The average molecular weight is 286 g/mol. The number of hydrogen-bond acceptors (Lipinski definition) is 2. The van der Waals surface area contributed by atoms with Crippen molar-refractivity contribution in [2.45, 2.75) is 26.2 Å². The van der Waals surface area contributed by atoms with Gasteiger partial charge in [-0.15, -0.1) is 0 Å². The summed E-state index contributed by atoms with van der Waals surface area (Å²) in [5.74, 6) is -2.00. The van der Waals surface area contributed by atoms with E-state index in [0.717, 1.165) is 29.2 Å². The van der Waals surface area contributed by atoms with Gasteiger partial charge in [0.25, 0.3) is 0 Å². The molecule has 0 fully saturated rings. The van der Waals surface area contributed by atoms with Crippen molar-refractivity contribution in [3.8, 4) is 0 Å². The Morgan fingerprint density at radius 1 is 1.05 bits per heavy atom. The summed E-state index contributed by atoms with van der Waals surface area (Å²) in [4.78, 5) is 21.7. The fourth-order valence-corrected chi connectivity index (χ4v) is 2.32. The van der Waals surface area contributed by atoms with E-state index in [1.54, 1.807) is 19.1 Å². The molecule has 0 spiro atoms. The fraction of sp³-hybridized carbons (Fsp3) is 0.294. The van der Waals surface area contributed by atoms with E-state index < -0.39 is 11.9 Å². The molecule has 1 atom stereocenters. The Morgan fingerprint density at radius 2 is 1.71 bits per heavy atom. The number of carboxylic acids is 2. The molecule has 0 aliphatic carbocycles. The van der Waals surface area contributed by atoms with Crippen LogP contribution < -0.4 is 0 Å². The predicted molar refractivity (Wildman–Crippen MR) is 80.6 cm³/mol. The number of aromatic carboxylic acids is 1. The number of hydrogen-bond donors (Lipinski definition) is 2. The summed E-state index contributed by atoms with van der Waals surface area (Å²) in [5.41, 5.74) is 1.42. The highest BCUT2D eigenvalue weighted by atomic mass is 16.4. The zero-order valence-corrected chi connectivity index (χ0v) is 11.9. The van der Waals surface area contributed by atoms with Gasteiger partial charge in [0, 0.05) is 0 Å². The minimum absolute atomic E-state index is 0.283. The summed E-state index contributed by atoms with van der Waals surface area (Å²) in [6.45, 7) is 1.72. The van der Waals surface area contributed by atoms with Crippen LogP contribution in [0.25, 0.3) is 10.8 Å². The molecule has 0 saturated carbocycles. The van der Waals surface area contributed by atoms with E-state index in [4.69, 9.17) is 10.2 Å². The third-order valence-electron chi connectivity index (χ3n) is 3.68. The topological polar surface area (TPSA) is 74.6 Å². The summed E-state index contributed by atoms with van der Waals surface area (Å²) in [6, 6.07) is 11.0. The van der Waals surface area contributed by atoms with Gasteiger partial charge in [0.2, 0.25) is 0 Å². The lowest BCUT2D eigenvalue weighted by molar-refractivity contribution is -0.141. The van der Waals surface area contributed by atoms with Crippen LogP contribution in [0.3, 0.4) is 0 Å². The van der Waals surface area contributed by atoms with Gasteiger partial charge in [-0.05, 0) is 47.7 Å². The highest BCUT2D eigenvalue weighted by Crippen LogP contribution is 2.20. The van der Waals surface area contributed by atoms with Crippen molar-refractivity contribution >= 4 is 22.7 Å². The van der Waals surface area contributed by atoms with Crippen LogP contribution in [0.15, 0.2) is 36.4 Å². The van der Waals surface area contributed by atoms with Gasteiger partial charge in [-0.2, -0.15) is 0 Å². The summed E-state index contributed by atoms with van der Waals surface area (Å²) in [6.07, 6.45) is 2.31. The first-order valence-corrected chi connectivity index (χ1v) is 6.96. The first-order chi connectivity index (χ1) is 9.97.